The van der Waals surface area contributed by atoms with Gasteiger partial charge in [-0.25, -0.2) is 0 Å². The number of thioether (sulfide) groups is 1. The number of hydrogen-bond acceptors (Lipinski definition) is 6. The van der Waals surface area contributed by atoms with Gasteiger partial charge in [0.15, 0.2) is 5.16 Å². The molecule has 0 saturated heterocycles. The third-order valence-electron chi connectivity index (χ3n) is 4.98. The van der Waals surface area contributed by atoms with Crippen LogP contribution in [0.2, 0.25) is 0 Å². The van der Waals surface area contributed by atoms with Gasteiger partial charge < -0.3 is 9.88 Å². The van der Waals surface area contributed by atoms with Gasteiger partial charge in [0.05, 0.1) is 0 Å². The van der Waals surface area contributed by atoms with E-state index in [-0.39, 0.29) is 5.91 Å². The number of anilines is 1. The zero-order valence-corrected chi connectivity index (χ0v) is 19.6. The first-order valence-corrected chi connectivity index (χ1v) is 11.6. The van der Waals surface area contributed by atoms with Crippen LogP contribution in [0.4, 0.5) is 5.69 Å². The number of carbonyl (C=O) groups excluding carboxylic acids is 3. The van der Waals surface area contributed by atoms with Crippen molar-refractivity contribution in [2.24, 2.45) is 7.05 Å². The molecule has 0 fully saturated rings. The molecule has 0 aliphatic heterocycles. The van der Waals surface area contributed by atoms with E-state index in [0.29, 0.717) is 28.1 Å². The van der Waals surface area contributed by atoms with Crippen LogP contribution >= 0.6 is 11.8 Å². The summed E-state index contributed by atoms with van der Waals surface area (Å²) in [5, 5.41) is 11.4. The van der Waals surface area contributed by atoms with E-state index in [1.165, 1.54) is 0 Å². The molecule has 0 unspecified atom stereocenters. The Morgan fingerprint density at radius 1 is 0.771 bits per heavy atom. The van der Waals surface area contributed by atoms with Crippen LogP contribution in [0.15, 0.2) is 90.3 Å². The standard InChI is InChI=1S/C25H22N6O3S/c1-31-16-26-30-25(31)35-15-17-7-9-19(10-8-17)23(33)28-29-24(34)20-11-13-21(14-12-20)27-22(32)18-5-3-2-4-6-18/h2-14,16H,15H2,1H3,(H,27,32)(H,28,33)(H,29,34). The van der Waals surface area contributed by atoms with Crippen LogP contribution in [0.25, 0.3) is 0 Å². The van der Waals surface area contributed by atoms with Crippen molar-refractivity contribution in [1.82, 2.24) is 25.6 Å². The average Bonchev–Trinajstić information content (AvgIpc) is 3.31. The van der Waals surface area contributed by atoms with Crippen LogP contribution in [0.1, 0.15) is 36.6 Å². The van der Waals surface area contributed by atoms with Gasteiger partial charge in [-0.3, -0.25) is 25.2 Å². The Morgan fingerprint density at radius 2 is 1.34 bits per heavy atom. The van der Waals surface area contributed by atoms with Crippen molar-refractivity contribution in [3.8, 4) is 0 Å². The zero-order valence-electron chi connectivity index (χ0n) is 18.8. The molecule has 10 heteroatoms. The molecule has 0 bridgehead atoms. The van der Waals surface area contributed by atoms with Gasteiger partial charge >= 0.3 is 0 Å². The maximum Gasteiger partial charge on any atom is 0.269 e. The molecule has 0 aliphatic rings. The highest BCUT2D eigenvalue weighted by Crippen LogP contribution is 2.20. The smallest absolute Gasteiger partial charge is 0.269 e. The summed E-state index contributed by atoms with van der Waals surface area (Å²) in [6, 6.07) is 22.3. The van der Waals surface area contributed by atoms with E-state index >= 15 is 0 Å². The van der Waals surface area contributed by atoms with Crippen molar-refractivity contribution in [2.45, 2.75) is 10.9 Å². The minimum absolute atomic E-state index is 0.242. The molecule has 3 N–H and O–H groups in total. The largest absolute Gasteiger partial charge is 0.322 e. The minimum Gasteiger partial charge on any atom is -0.322 e. The molecule has 1 aromatic heterocycles. The Hall–Kier alpha value is -4.44. The van der Waals surface area contributed by atoms with Gasteiger partial charge in [-0.2, -0.15) is 0 Å². The fraction of sp³-hybridized carbons (Fsp3) is 0.0800. The summed E-state index contributed by atoms with van der Waals surface area (Å²) in [5.74, 6) is -0.464. The predicted octanol–water partition coefficient (Wildman–Crippen LogP) is 3.43. The summed E-state index contributed by atoms with van der Waals surface area (Å²) in [5.41, 5.74) is 7.67. The molecule has 176 valence electrons. The first-order valence-electron chi connectivity index (χ1n) is 10.6. The number of amides is 3. The molecular formula is C25H22N6O3S. The summed E-state index contributed by atoms with van der Waals surface area (Å²) in [6.45, 7) is 0. The highest BCUT2D eigenvalue weighted by Gasteiger charge is 2.11. The second-order valence-corrected chi connectivity index (χ2v) is 8.46. The second-order valence-electron chi connectivity index (χ2n) is 7.52. The van der Waals surface area contributed by atoms with Gasteiger partial charge in [0.2, 0.25) is 0 Å². The van der Waals surface area contributed by atoms with Gasteiger partial charge in [0.25, 0.3) is 17.7 Å². The first kappa shape index (κ1) is 23.7. The lowest BCUT2D eigenvalue weighted by Crippen LogP contribution is -2.41. The van der Waals surface area contributed by atoms with E-state index in [9.17, 15) is 14.4 Å². The number of nitrogens with one attached hydrogen (secondary N) is 3. The molecule has 0 spiro atoms. The van der Waals surface area contributed by atoms with Crippen molar-refractivity contribution >= 4 is 35.2 Å². The van der Waals surface area contributed by atoms with E-state index in [1.807, 2.05) is 29.8 Å². The van der Waals surface area contributed by atoms with Crippen molar-refractivity contribution in [3.05, 3.63) is 107 Å². The first-order chi connectivity index (χ1) is 17.0. The summed E-state index contributed by atoms with van der Waals surface area (Å²) >= 11 is 1.54. The monoisotopic (exact) mass is 486 g/mol. The maximum atomic E-state index is 12.4. The van der Waals surface area contributed by atoms with Crippen molar-refractivity contribution in [2.75, 3.05) is 5.32 Å². The minimum atomic E-state index is -0.476. The third-order valence-corrected chi connectivity index (χ3v) is 6.09. The van der Waals surface area contributed by atoms with E-state index in [2.05, 4.69) is 26.4 Å². The number of hydrazine groups is 1. The molecule has 1 heterocycles. The molecule has 0 radical (unpaired) electrons. The summed E-state index contributed by atoms with van der Waals surface area (Å²) in [7, 11) is 1.88. The highest BCUT2D eigenvalue weighted by atomic mass is 32.2. The van der Waals surface area contributed by atoms with Gasteiger partial charge in [0, 0.05) is 35.2 Å². The lowest BCUT2D eigenvalue weighted by Gasteiger charge is -2.09. The van der Waals surface area contributed by atoms with Crippen molar-refractivity contribution in [3.63, 3.8) is 0 Å². The molecule has 0 saturated carbocycles. The fourth-order valence-electron chi connectivity index (χ4n) is 3.06. The topological polar surface area (TPSA) is 118 Å². The Labute approximate surface area is 205 Å². The fourth-order valence-corrected chi connectivity index (χ4v) is 3.90. The number of nitrogens with zero attached hydrogens (tertiary/aromatic N) is 3. The molecule has 9 nitrogen and oxygen atoms in total. The number of rotatable bonds is 7. The Morgan fingerprint density at radius 3 is 1.91 bits per heavy atom. The molecule has 4 aromatic rings. The quantitative estimate of drug-likeness (QED) is 0.272. The van der Waals surface area contributed by atoms with Gasteiger partial charge in [0.1, 0.15) is 6.33 Å². The Balaban J connectivity index is 1.26. The van der Waals surface area contributed by atoms with Crippen molar-refractivity contribution < 1.29 is 14.4 Å². The molecule has 0 aliphatic carbocycles. The van der Waals surface area contributed by atoms with E-state index < -0.39 is 11.8 Å². The van der Waals surface area contributed by atoms with Crippen LogP contribution in [-0.4, -0.2) is 32.5 Å². The van der Waals surface area contributed by atoms with Crippen LogP contribution in [0, 0.1) is 0 Å². The Bertz CT molecular complexity index is 1320. The summed E-state index contributed by atoms with van der Waals surface area (Å²) < 4.78 is 1.84. The number of hydrogen-bond donors (Lipinski definition) is 3. The van der Waals surface area contributed by atoms with Crippen LogP contribution in [0.5, 0.6) is 0 Å². The number of carbonyl (C=O) groups is 3. The molecule has 4 rings (SSSR count). The summed E-state index contributed by atoms with van der Waals surface area (Å²) in [6.07, 6.45) is 1.64. The second kappa shape index (κ2) is 11.1. The SMILES string of the molecule is Cn1cnnc1SCc1ccc(C(=O)NNC(=O)c2ccc(NC(=O)c3ccccc3)cc2)cc1. The molecule has 0 atom stereocenters. The third kappa shape index (κ3) is 6.33. The van der Waals surface area contributed by atoms with E-state index in [1.54, 1.807) is 78.8 Å². The maximum absolute atomic E-state index is 12.4. The number of benzene rings is 3. The molecule has 3 amide bonds. The van der Waals surface area contributed by atoms with E-state index in [0.717, 1.165) is 10.7 Å². The van der Waals surface area contributed by atoms with Crippen molar-refractivity contribution in [1.29, 1.82) is 0 Å². The van der Waals surface area contributed by atoms with Crippen LogP contribution in [0.3, 0.4) is 0 Å². The molecular weight excluding hydrogens is 464 g/mol. The Kier molecular flexibility index (Phi) is 7.53. The van der Waals surface area contributed by atoms with Crippen LogP contribution < -0.4 is 16.2 Å². The van der Waals surface area contributed by atoms with Gasteiger partial charge in [-0.15, -0.1) is 10.2 Å². The van der Waals surface area contributed by atoms with Gasteiger partial charge in [-0.1, -0.05) is 42.1 Å². The lowest BCUT2D eigenvalue weighted by atomic mass is 10.1. The van der Waals surface area contributed by atoms with Gasteiger partial charge in [-0.05, 0) is 54.1 Å². The number of aromatic nitrogens is 3. The molecule has 3 aromatic carbocycles. The summed E-state index contributed by atoms with van der Waals surface area (Å²) in [4.78, 5) is 37.0. The average molecular weight is 487 g/mol. The van der Waals surface area contributed by atoms with E-state index in [4.69, 9.17) is 0 Å². The normalized spacial score (nSPS) is 10.4. The zero-order chi connectivity index (χ0) is 24.6. The predicted molar refractivity (Wildman–Crippen MR) is 133 cm³/mol. The highest BCUT2D eigenvalue weighted by molar-refractivity contribution is 7.98. The lowest BCUT2D eigenvalue weighted by molar-refractivity contribution is 0.0846. The van der Waals surface area contributed by atoms with Crippen LogP contribution in [-0.2, 0) is 12.8 Å². The molecule has 35 heavy (non-hydrogen) atoms. The number of aryl methyl sites for hydroxylation is 1.